The fourth-order valence-electron chi connectivity index (χ4n) is 2.68. The van der Waals surface area contributed by atoms with Gasteiger partial charge in [-0.1, -0.05) is 59.6 Å². The quantitative estimate of drug-likeness (QED) is 0.540. The minimum atomic E-state index is -3.59. The Morgan fingerprint density at radius 1 is 1.04 bits per heavy atom. The molecule has 0 N–H and O–H groups in total. The highest BCUT2D eigenvalue weighted by Crippen LogP contribution is 2.28. The third-order valence-electron chi connectivity index (χ3n) is 4.15. The molecular formula is C22H17ClN2O2S. The first-order chi connectivity index (χ1) is 13.4. The van der Waals surface area contributed by atoms with E-state index in [1.807, 2.05) is 25.1 Å². The Bertz CT molecular complexity index is 1160. The Morgan fingerprint density at radius 2 is 1.71 bits per heavy atom. The van der Waals surface area contributed by atoms with E-state index in [9.17, 15) is 13.7 Å². The predicted octanol–water partition coefficient (Wildman–Crippen LogP) is 5.27. The van der Waals surface area contributed by atoms with E-state index in [4.69, 9.17) is 11.6 Å². The van der Waals surface area contributed by atoms with E-state index < -0.39 is 9.84 Å². The molecular weight excluding hydrogens is 392 g/mol. The van der Waals surface area contributed by atoms with Crippen LogP contribution in [0.15, 0.2) is 82.7 Å². The Labute approximate surface area is 169 Å². The second kappa shape index (κ2) is 8.39. The molecule has 6 heteroatoms. The zero-order valence-corrected chi connectivity index (χ0v) is 16.7. The van der Waals surface area contributed by atoms with Crippen molar-refractivity contribution in [3.05, 3.63) is 94.5 Å². The molecule has 0 fully saturated rings. The van der Waals surface area contributed by atoms with Gasteiger partial charge in [0.25, 0.3) is 0 Å². The Morgan fingerprint density at radius 3 is 2.36 bits per heavy atom. The van der Waals surface area contributed by atoms with Crippen molar-refractivity contribution in [1.82, 2.24) is 0 Å². The van der Waals surface area contributed by atoms with Gasteiger partial charge in [-0.15, -0.1) is 0 Å². The molecule has 0 atom stereocenters. The summed E-state index contributed by atoms with van der Waals surface area (Å²) in [6.07, 6.45) is 0. The van der Waals surface area contributed by atoms with Gasteiger partial charge in [-0.3, -0.25) is 0 Å². The van der Waals surface area contributed by atoms with E-state index in [0.29, 0.717) is 21.8 Å². The summed E-state index contributed by atoms with van der Waals surface area (Å²) >= 11 is 6.09. The van der Waals surface area contributed by atoms with Gasteiger partial charge < -0.3 is 0 Å². The van der Waals surface area contributed by atoms with Crippen LogP contribution in [0.2, 0.25) is 5.02 Å². The molecule has 0 heterocycles. The van der Waals surface area contributed by atoms with Crippen molar-refractivity contribution in [3.63, 3.8) is 0 Å². The van der Waals surface area contributed by atoms with Crippen molar-refractivity contribution in [2.75, 3.05) is 0 Å². The summed E-state index contributed by atoms with van der Waals surface area (Å²) in [6.45, 7) is 1.90. The second-order valence-corrected chi connectivity index (χ2v) is 8.71. The van der Waals surface area contributed by atoms with Crippen LogP contribution >= 0.6 is 11.6 Å². The molecule has 0 aliphatic carbocycles. The van der Waals surface area contributed by atoms with Crippen molar-refractivity contribution in [3.8, 4) is 6.07 Å². The molecule has 3 aromatic carbocycles. The van der Waals surface area contributed by atoms with Gasteiger partial charge in [0.15, 0.2) is 9.84 Å². The van der Waals surface area contributed by atoms with Gasteiger partial charge in [-0.25, -0.2) is 13.4 Å². The summed E-state index contributed by atoms with van der Waals surface area (Å²) in [6, 6.07) is 22.6. The van der Waals surface area contributed by atoms with Crippen LogP contribution in [-0.2, 0) is 15.6 Å². The van der Waals surface area contributed by atoms with Crippen LogP contribution in [0.5, 0.6) is 0 Å². The van der Waals surface area contributed by atoms with Crippen molar-refractivity contribution in [2.45, 2.75) is 17.6 Å². The van der Waals surface area contributed by atoms with Gasteiger partial charge >= 0.3 is 0 Å². The van der Waals surface area contributed by atoms with E-state index in [2.05, 4.69) is 11.1 Å². The number of benzene rings is 3. The maximum Gasteiger partial charge on any atom is 0.182 e. The molecule has 0 saturated heterocycles. The van der Waals surface area contributed by atoms with Crippen LogP contribution in [0.1, 0.15) is 16.7 Å². The minimum Gasteiger partial charge on any atom is -0.237 e. The number of hydrogen-bond donors (Lipinski definition) is 0. The van der Waals surface area contributed by atoms with Crippen LogP contribution in [-0.4, -0.2) is 14.1 Å². The fourth-order valence-corrected chi connectivity index (χ4v) is 4.24. The van der Waals surface area contributed by atoms with Gasteiger partial charge in [-0.2, -0.15) is 5.26 Å². The molecule has 0 amide bonds. The molecule has 140 valence electrons. The Balaban J connectivity index is 2.03. The van der Waals surface area contributed by atoms with Crippen LogP contribution < -0.4 is 0 Å². The number of rotatable bonds is 5. The molecule has 0 saturated carbocycles. The average molecular weight is 409 g/mol. The smallest absolute Gasteiger partial charge is 0.182 e. The molecule has 4 nitrogen and oxygen atoms in total. The molecule has 3 rings (SSSR count). The average Bonchev–Trinajstić information content (AvgIpc) is 2.68. The van der Waals surface area contributed by atoms with Crippen LogP contribution in [0.25, 0.3) is 0 Å². The highest BCUT2D eigenvalue weighted by atomic mass is 35.5. The first kappa shape index (κ1) is 19.8. The third kappa shape index (κ3) is 4.66. The van der Waals surface area contributed by atoms with Gasteiger partial charge in [0, 0.05) is 10.6 Å². The topological polar surface area (TPSA) is 70.3 Å². The van der Waals surface area contributed by atoms with Crippen LogP contribution in [0.4, 0.5) is 5.69 Å². The summed E-state index contributed by atoms with van der Waals surface area (Å²) in [4.78, 5) is 4.65. The number of nitriles is 1. The molecule has 28 heavy (non-hydrogen) atoms. The van der Waals surface area contributed by atoms with Crippen LogP contribution in [0.3, 0.4) is 0 Å². The van der Waals surface area contributed by atoms with Gasteiger partial charge in [-0.05, 0) is 42.8 Å². The highest BCUT2D eigenvalue weighted by Gasteiger charge is 2.18. The lowest BCUT2D eigenvalue weighted by Gasteiger charge is -2.09. The zero-order chi connectivity index (χ0) is 20.1. The summed E-state index contributed by atoms with van der Waals surface area (Å²) in [5.41, 5.74) is 2.69. The molecule has 0 spiro atoms. The van der Waals surface area contributed by atoms with Gasteiger partial charge in [0.1, 0.15) is 11.8 Å². The van der Waals surface area contributed by atoms with Crippen molar-refractivity contribution in [1.29, 1.82) is 5.26 Å². The first-order valence-electron chi connectivity index (χ1n) is 8.51. The maximum atomic E-state index is 12.8. The van der Waals surface area contributed by atoms with Gasteiger partial charge in [0.05, 0.1) is 16.3 Å². The SMILES string of the molecule is Cc1ccc(S(=O)(=O)Cc2cc(Cl)ccc2N=C(C#N)c2ccccc2)cc1. The van der Waals surface area contributed by atoms with Crippen molar-refractivity contribution < 1.29 is 8.42 Å². The molecule has 0 bridgehead atoms. The normalized spacial score (nSPS) is 11.8. The Kier molecular flexibility index (Phi) is 5.93. The third-order valence-corrected chi connectivity index (χ3v) is 6.07. The largest absolute Gasteiger partial charge is 0.237 e. The zero-order valence-electron chi connectivity index (χ0n) is 15.1. The summed E-state index contributed by atoms with van der Waals surface area (Å²) in [7, 11) is -3.59. The molecule has 0 unspecified atom stereocenters. The fraction of sp³-hybridized carbons (Fsp3) is 0.0909. The monoisotopic (exact) mass is 408 g/mol. The van der Waals surface area contributed by atoms with E-state index in [-0.39, 0.29) is 16.4 Å². The minimum absolute atomic E-state index is 0.205. The molecule has 0 aliphatic rings. The lowest BCUT2D eigenvalue weighted by molar-refractivity contribution is 0.595. The molecule has 0 aliphatic heterocycles. The Hall–Kier alpha value is -2.94. The highest BCUT2D eigenvalue weighted by molar-refractivity contribution is 7.90. The predicted molar refractivity (Wildman–Crippen MR) is 112 cm³/mol. The number of sulfone groups is 1. The van der Waals surface area contributed by atoms with E-state index in [1.165, 1.54) is 0 Å². The number of halogens is 1. The number of nitrogens with zero attached hydrogens (tertiary/aromatic N) is 2. The van der Waals surface area contributed by atoms with Crippen molar-refractivity contribution in [2.24, 2.45) is 4.99 Å². The lowest BCUT2D eigenvalue weighted by Crippen LogP contribution is -2.06. The van der Waals surface area contributed by atoms with Crippen LogP contribution in [0, 0.1) is 18.3 Å². The number of aliphatic imine (C=N–C) groups is 1. The number of hydrogen-bond acceptors (Lipinski definition) is 4. The summed E-state index contributed by atoms with van der Waals surface area (Å²) in [5, 5.41) is 9.91. The number of aryl methyl sites for hydroxylation is 1. The second-order valence-electron chi connectivity index (χ2n) is 6.28. The van der Waals surface area contributed by atoms with E-state index in [1.54, 1.807) is 54.6 Å². The van der Waals surface area contributed by atoms with Gasteiger partial charge in [0.2, 0.25) is 0 Å². The molecule has 0 radical (unpaired) electrons. The lowest BCUT2D eigenvalue weighted by atomic mass is 10.1. The summed E-state index contributed by atoms with van der Waals surface area (Å²) in [5.74, 6) is -0.261. The van der Waals surface area contributed by atoms with Crippen molar-refractivity contribution >= 4 is 32.8 Å². The maximum absolute atomic E-state index is 12.8. The molecule has 3 aromatic rings. The summed E-state index contributed by atoms with van der Waals surface area (Å²) < 4.78 is 25.7. The van der Waals surface area contributed by atoms with E-state index >= 15 is 0 Å². The van der Waals surface area contributed by atoms with E-state index in [0.717, 1.165) is 5.56 Å². The standard InChI is InChI=1S/C22H17ClN2O2S/c1-16-7-10-20(11-8-16)28(26,27)15-18-13-19(23)9-12-21(18)25-22(14-24)17-5-3-2-4-6-17/h2-13H,15H2,1H3. The first-order valence-corrected chi connectivity index (χ1v) is 10.5. The molecule has 0 aromatic heterocycles.